The van der Waals surface area contributed by atoms with E-state index in [2.05, 4.69) is 10.3 Å². The highest BCUT2D eigenvalue weighted by Gasteiger charge is 2.22. The number of para-hydroxylation sites is 2. The molecule has 2 aromatic carbocycles. The Bertz CT molecular complexity index is 1160. The molecule has 0 aliphatic carbocycles. The monoisotopic (exact) mass is 351 g/mol. The third kappa shape index (κ3) is 2.45. The van der Waals surface area contributed by atoms with E-state index in [0.717, 1.165) is 10.2 Å². The molecule has 2 aromatic heterocycles. The fourth-order valence-electron chi connectivity index (χ4n) is 2.77. The Labute approximate surface area is 146 Å². The lowest BCUT2D eigenvalue weighted by Crippen LogP contribution is -2.28. The number of aryl methyl sites for hydroxylation is 1. The maximum atomic E-state index is 12.6. The molecule has 6 nitrogen and oxygen atoms in total. The van der Waals surface area contributed by atoms with Gasteiger partial charge >= 0.3 is 0 Å². The van der Waals surface area contributed by atoms with Crippen molar-refractivity contribution in [1.82, 2.24) is 9.55 Å². The van der Waals surface area contributed by atoms with Gasteiger partial charge in [0.1, 0.15) is 11.3 Å². The zero-order valence-corrected chi connectivity index (χ0v) is 14.0. The molecule has 2 heterocycles. The van der Waals surface area contributed by atoms with Crippen LogP contribution in [0, 0.1) is 0 Å². The van der Waals surface area contributed by atoms with Gasteiger partial charge in [0.15, 0.2) is 5.13 Å². The summed E-state index contributed by atoms with van der Waals surface area (Å²) in [7, 11) is 1.57. The van der Waals surface area contributed by atoms with Gasteiger partial charge in [0, 0.05) is 12.4 Å². The number of benzene rings is 2. The number of hydrogen-bond donors (Lipinski definition) is 2. The third-order valence-corrected chi connectivity index (χ3v) is 4.97. The highest BCUT2D eigenvalue weighted by Crippen LogP contribution is 2.28. The van der Waals surface area contributed by atoms with Gasteiger partial charge in [-0.25, -0.2) is 4.98 Å². The van der Waals surface area contributed by atoms with Crippen molar-refractivity contribution in [2.24, 2.45) is 7.05 Å². The van der Waals surface area contributed by atoms with Crippen LogP contribution in [-0.2, 0) is 7.05 Å². The minimum absolute atomic E-state index is 0.291. The number of carbonyl (C=O) groups excluding carboxylic acids is 1. The van der Waals surface area contributed by atoms with Crippen molar-refractivity contribution in [2.75, 3.05) is 5.32 Å². The predicted molar refractivity (Wildman–Crippen MR) is 98.4 cm³/mol. The van der Waals surface area contributed by atoms with Crippen LogP contribution in [0.5, 0.6) is 5.75 Å². The first kappa shape index (κ1) is 15.3. The van der Waals surface area contributed by atoms with Crippen molar-refractivity contribution in [3.63, 3.8) is 0 Å². The summed E-state index contributed by atoms with van der Waals surface area (Å²) in [4.78, 5) is 29.5. The fraction of sp³-hybridized carbons (Fsp3) is 0.0556. The topological polar surface area (TPSA) is 84.2 Å². The summed E-state index contributed by atoms with van der Waals surface area (Å²) in [5.41, 5.74) is 0.468. The van der Waals surface area contributed by atoms with Crippen LogP contribution in [0.15, 0.2) is 53.3 Å². The lowest BCUT2D eigenvalue weighted by atomic mass is 10.1. The molecule has 1 amide bonds. The Kier molecular flexibility index (Phi) is 3.51. The van der Waals surface area contributed by atoms with E-state index < -0.39 is 11.5 Å². The van der Waals surface area contributed by atoms with Crippen LogP contribution in [0.1, 0.15) is 10.4 Å². The van der Waals surface area contributed by atoms with Crippen LogP contribution in [-0.4, -0.2) is 20.6 Å². The second-order valence-electron chi connectivity index (χ2n) is 5.55. The summed E-state index contributed by atoms with van der Waals surface area (Å²) in [6.45, 7) is 0. The van der Waals surface area contributed by atoms with Gasteiger partial charge in [0.05, 0.1) is 15.7 Å². The third-order valence-electron chi connectivity index (χ3n) is 4.02. The number of thiazole rings is 1. The first-order valence-electron chi connectivity index (χ1n) is 7.54. The Morgan fingerprint density at radius 1 is 1.16 bits per heavy atom. The largest absolute Gasteiger partial charge is 0.506 e. The molecule has 7 heteroatoms. The number of carbonyl (C=O) groups is 1. The number of rotatable bonds is 2. The van der Waals surface area contributed by atoms with Crippen molar-refractivity contribution in [1.29, 1.82) is 0 Å². The Morgan fingerprint density at radius 3 is 2.68 bits per heavy atom. The standard InChI is InChI=1S/C18H13N3O3S/c1-21-12-8-4-2-6-10(12)15(22)14(17(21)24)16(23)20-18-19-11-7-3-5-9-13(11)25-18/h2-9,22H,1H3,(H,19,20,23). The van der Waals surface area contributed by atoms with E-state index in [1.165, 1.54) is 15.9 Å². The van der Waals surface area contributed by atoms with Gasteiger partial charge in [0.2, 0.25) is 0 Å². The minimum Gasteiger partial charge on any atom is -0.506 e. The summed E-state index contributed by atoms with van der Waals surface area (Å²) in [5.74, 6) is -1.000. The molecule has 0 saturated carbocycles. The smallest absolute Gasteiger partial charge is 0.267 e. The zero-order chi connectivity index (χ0) is 17.6. The molecule has 0 radical (unpaired) electrons. The number of pyridine rings is 1. The van der Waals surface area contributed by atoms with E-state index >= 15 is 0 Å². The maximum Gasteiger partial charge on any atom is 0.267 e. The van der Waals surface area contributed by atoms with Crippen LogP contribution >= 0.6 is 11.3 Å². The van der Waals surface area contributed by atoms with E-state index in [9.17, 15) is 14.7 Å². The van der Waals surface area contributed by atoms with Gasteiger partial charge in [-0.05, 0) is 24.3 Å². The first-order chi connectivity index (χ1) is 12.1. The second kappa shape index (κ2) is 5.71. The molecule has 2 N–H and O–H groups in total. The molecule has 0 bridgehead atoms. The molecule has 25 heavy (non-hydrogen) atoms. The average molecular weight is 351 g/mol. The summed E-state index contributed by atoms with van der Waals surface area (Å²) in [6, 6.07) is 14.4. The number of aromatic hydroxyl groups is 1. The van der Waals surface area contributed by atoms with Crippen LogP contribution in [0.25, 0.3) is 21.1 Å². The van der Waals surface area contributed by atoms with E-state index in [1.54, 1.807) is 31.3 Å². The van der Waals surface area contributed by atoms with Crippen LogP contribution in [0.2, 0.25) is 0 Å². The maximum absolute atomic E-state index is 12.6. The number of hydrogen-bond acceptors (Lipinski definition) is 5. The van der Waals surface area contributed by atoms with E-state index in [0.29, 0.717) is 16.0 Å². The second-order valence-corrected chi connectivity index (χ2v) is 6.58. The molecular weight excluding hydrogens is 338 g/mol. The predicted octanol–water partition coefficient (Wildman–Crippen LogP) is 3.11. The SMILES string of the molecule is Cn1c(=O)c(C(=O)Nc2nc3ccccc3s2)c(O)c2ccccc21. The van der Waals surface area contributed by atoms with E-state index in [4.69, 9.17) is 0 Å². The zero-order valence-electron chi connectivity index (χ0n) is 13.2. The molecule has 0 aliphatic heterocycles. The summed E-state index contributed by atoms with van der Waals surface area (Å²) < 4.78 is 2.27. The lowest BCUT2D eigenvalue weighted by Gasteiger charge is -2.11. The van der Waals surface area contributed by atoms with Crippen LogP contribution in [0.4, 0.5) is 5.13 Å². The van der Waals surface area contributed by atoms with Gasteiger partial charge < -0.3 is 9.67 Å². The molecule has 0 atom stereocenters. The minimum atomic E-state index is -0.678. The van der Waals surface area contributed by atoms with Gasteiger partial charge in [-0.1, -0.05) is 35.6 Å². The quantitative estimate of drug-likeness (QED) is 0.581. The average Bonchev–Trinajstić information content (AvgIpc) is 3.02. The number of nitrogens with one attached hydrogen (secondary N) is 1. The van der Waals surface area contributed by atoms with E-state index in [1.807, 2.05) is 24.3 Å². The highest BCUT2D eigenvalue weighted by atomic mass is 32.1. The van der Waals surface area contributed by atoms with Gasteiger partial charge in [-0.2, -0.15) is 0 Å². The molecule has 0 spiro atoms. The van der Waals surface area contributed by atoms with Crippen molar-refractivity contribution < 1.29 is 9.90 Å². The summed E-state index contributed by atoms with van der Waals surface area (Å²) >= 11 is 1.31. The molecule has 0 aliphatic rings. The summed E-state index contributed by atoms with van der Waals surface area (Å²) in [5, 5.41) is 13.9. The van der Waals surface area contributed by atoms with Crippen LogP contribution < -0.4 is 10.9 Å². The number of anilines is 1. The number of nitrogens with zero attached hydrogens (tertiary/aromatic N) is 2. The van der Waals surface area contributed by atoms with E-state index in [-0.39, 0.29) is 11.3 Å². The molecule has 4 aromatic rings. The normalized spacial score (nSPS) is 11.1. The van der Waals surface area contributed by atoms with Crippen molar-refractivity contribution in [3.8, 4) is 5.75 Å². The van der Waals surface area contributed by atoms with Gasteiger partial charge in [0.25, 0.3) is 11.5 Å². The fourth-order valence-corrected chi connectivity index (χ4v) is 3.63. The summed E-state index contributed by atoms with van der Waals surface area (Å²) in [6.07, 6.45) is 0. The van der Waals surface area contributed by atoms with Crippen molar-refractivity contribution in [3.05, 3.63) is 64.4 Å². The molecule has 124 valence electrons. The Balaban J connectivity index is 1.81. The molecule has 0 unspecified atom stereocenters. The van der Waals surface area contributed by atoms with Crippen molar-refractivity contribution in [2.45, 2.75) is 0 Å². The lowest BCUT2D eigenvalue weighted by molar-refractivity contribution is 0.102. The van der Waals surface area contributed by atoms with Gasteiger partial charge in [-0.3, -0.25) is 14.9 Å². The molecular formula is C18H13N3O3S. The number of amides is 1. The molecule has 4 rings (SSSR count). The number of aromatic nitrogens is 2. The number of fused-ring (bicyclic) bond motifs is 2. The van der Waals surface area contributed by atoms with Crippen LogP contribution in [0.3, 0.4) is 0 Å². The van der Waals surface area contributed by atoms with Gasteiger partial charge in [-0.15, -0.1) is 0 Å². The Hall–Kier alpha value is -3.19. The Morgan fingerprint density at radius 2 is 1.88 bits per heavy atom. The first-order valence-corrected chi connectivity index (χ1v) is 8.35. The molecule has 0 fully saturated rings. The molecule has 0 saturated heterocycles. The highest BCUT2D eigenvalue weighted by molar-refractivity contribution is 7.22. The van der Waals surface area contributed by atoms with Crippen molar-refractivity contribution >= 4 is 43.5 Å².